The number of nitrogens with zero attached hydrogens (tertiary/aromatic N) is 1. The van der Waals surface area contributed by atoms with Crippen LogP contribution in [0, 0.1) is 0 Å². The smallest absolute Gasteiger partial charge is 0.319 e. The lowest BCUT2D eigenvalue weighted by molar-refractivity contribution is 0.243. The molecule has 4 rings (SSSR count). The van der Waals surface area contributed by atoms with Gasteiger partial charge in [0.25, 0.3) is 0 Å². The first-order valence-electron chi connectivity index (χ1n) is 9.71. The van der Waals surface area contributed by atoms with E-state index in [0.717, 1.165) is 52.4 Å². The number of hydrogen-bond donors (Lipinski definition) is 3. The van der Waals surface area contributed by atoms with Crippen LogP contribution < -0.4 is 16.0 Å². The molecule has 1 saturated carbocycles. The summed E-state index contributed by atoms with van der Waals surface area (Å²) in [5.74, 6) is 0. The van der Waals surface area contributed by atoms with Crippen LogP contribution in [-0.2, 0) is 0 Å². The lowest BCUT2D eigenvalue weighted by atomic mass is 9.91. The van der Waals surface area contributed by atoms with Crippen molar-refractivity contribution >= 4 is 55.8 Å². The number of pyridine rings is 1. The Balaban J connectivity index is 1.29. The first kappa shape index (κ1) is 20.0. The molecule has 2 amide bonds. The minimum Gasteiger partial charge on any atom is -0.382 e. The van der Waals surface area contributed by atoms with Gasteiger partial charge in [-0.3, -0.25) is 4.98 Å². The van der Waals surface area contributed by atoms with Gasteiger partial charge in [0.05, 0.1) is 5.52 Å². The number of halogens is 2. The second-order valence-electron chi connectivity index (χ2n) is 7.32. The molecule has 5 nitrogen and oxygen atoms in total. The highest BCUT2D eigenvalue weighted by Gasteiger charge is 2.22. The maximum Gasteiger partial charge on any atom is 0.319 e. The van der Waals surface area contributed by atoms with E-state index in [1.165, 1.54) is 0 Å². The summed E-state index contributed by atoms with van der Waals surface area (Å²) in [6, 6.07) is 15.8. The number of rotatable bonds is 4. The number of benzene rings is 2. The van der Waals surface area contributed by atoms with Gasteiger partial charge in [-0.05, 0) is 74.2 Å². The summed E-state index contributed by atoms with van der Waals surface area (Å²) in [5.41, 5.74) is 2.75. The zero-order valence-corrected chi connectivity index (χ0v) is 18.1. The Morgan fingerprint density at radius 2 is 1.72 bits per heavy atom. The van der Waals surface area contributed by atoms with Crippen molar-refractivity contribution < 1.29 is 4.79 Å². The number of urea groups is 1. The van der Waals surface area contributed by atoms with Gasteiger partial charge in [-0.25, -0.2) is 4.79 Å². The number of aromatic nitrogens is 1. The Hall–Kier alpha value is -2.31. The standard InChI is InChI=1S/C22H22BrClN4O/c23-14-1-4-17(5-2-14)27-22(29)28-18-8-6-16(7-9-18)26-20-11-12-25-21-13-15(24)3-10-19(20)21/h1-5,10-13,16,18H,6-9H2,(H,25,26)(H2,27,28,29)/t16-,18+. The van der Waals surface area contributed by atoms with Crippen molar-refractivity contribution in [1.82, 2.24) is 10.3 Å². The SMILES string of the molecule is O=C(Nc1ccc(Br)cc1)N[C@H]1CC[C@@H](Nc2ccnc3cc(Cl)ccc23)CC1. The van der Waals surface area contributed by atoms with E-state index in [0.29, 0.717) is 11.1 Å². The first-order valence-corrected chi connectivity index (χ1v) is 10.9. The van der Waals surface area contributed by atoms with Gasteiger partial charge in [0.15, 0.2) is 0 Å². The molecule has 1 aliphatic carbocycles. The molecule has 0 saturated heterocycles. The highest BCUT2D eigenvalue weighted by Crippen LogP contribution is 2.28. The lowest BCUT2D eigenvalue weighted by Crippen LogP contribution is -2.42. The first-order chi connectivity index (χ1) is 14.1. The van der Waals surface area contributed by atoms with E-state index < -0.39 is 0 Å². The highest BCUT2D eigenvalue weighted by atomic mass is 79.9. The Morgan fingerprint density at radius 3 is 2.48 bits per heavy atom. The molecule has 1 heterocycles. The third-order valence-corrected chi connectivity index (χ3v) is 5.99. The summed E-state index contributed by atoms with van der Waals surface area (Å²) in [4.78, 5) is 16.6. The second kappa shape index (κ2) is 9.01. The summed E-state index contributed by atoms with van der Waals surface area (Å²) >= 11 is 9.47. The van der Waals surface area contributed by atoms with E-state index in [4.69, 9.17) is 11.6 Å². The lowest BCUT2D eigenvalue weighted by Gasteiger charge is -2.30. The number of nitrogens with one attached hydrogen (secondary N) is 3. The molecule has 150 valence electrons. The Labute approximate surface area is 183 Å². The molecule has 1 aromatic heterocycles. The molecule has 0 atom stereocenters. The molecule has 1 aliphatic rings. The van der Waals surface area contributed by atoms with Gasteiger partial charge in [0.2, 0.25) is 0 Å². The summed E-state index contributed by atoms with van der Waals surface area (Å²) in [5, 5.41) is 11.4. The molecule has 29 heavy (non-hydrogen) atoms. The van der Waals surface area contributed by atoms with Crippen LogP contribution in [0.2, 0.25) is 5.02 Å². The highest BCUT2D eigenvalue weighted by molar-refractivity contribution is 9.10. The molecule has 0 aliphatic heterocycles. The normalized spacial score (nSPS) is 19.0. The summed E-state index contributed by atoms with van der Waals surface area (Å²) in [6.07, 6.45) is 5.70. The topological polar surface area (TPSA) is 66.1 Å². The van der Waals surface area contributed by atoms with Gasteiger partial charge in [0, 0.05) is 44.5 Å². The van der Waals surface area contributed by atoms with Crippen LogP contribution in [0.4, 0.5) is 16.2 Å². The van der Waals surface area contributed by atoms with Crippen LogP contribution in [-0.4, -0.2) is 23.1 Å². The zero-order valence-electron chi connectivity index (χ0n) is 15.8. The molecular weight excluding hydrogens is 452 g/mol. The van der Waals surface area contributed by atoms with E-state index in [1.54, 1.807) is 6.20 Å². The molecule has 1 fully saturated rings. The molecule has 0 radical (unpaired) electrons. The van der Waals surface area contributed by atoms with E-state index >= 15 is 0 Å². The second-order valence-corrected chi connectivity index (χ2v) is 8.67. The predicted octanol–water partition coefficient (Wildman–Crippen LogP) is 6.20. The molecule has 3 aromatic rings. The molecule has 0 bridgehead atoms. The van der Waals surface area contributed by atoms with E-state index in [1.807, 2.05) is 48.5 Å². The molecule has 3 N–H and O–H groups in total. The van der Waals surface area contributed by atoms with Crippen molar-refractivity contribution in [1.29, 1.82) is 0 Å². The predicted molar refractivity (Wildman–Crippen MR) is 123 cm³/mol. The van der Waals surface area contributed by atoms with Crippen LogP contribution in [0.5, 0.6) is 0 Å². The fraction of sp³-hybridized carbons (Fsp3) is 0.273. The maximum atomic E-state index is 12.2. The minimum absolute atomic E-state index is 0.152. The fourth-order valence-corrected chi connectivity index (χ4v) is 4.17. The van der Waals surface area contributed by atoms with Crippen molar-refractivity contribution in [2.24, 2.45) is 0 Å². The van der Waals surface area contributed by atoms with Crippen LogP contribution >= 0.6 is 27.5 Å². The number of carbonyl (C=O) groups is 1. The van der Waals surface area contributed by atoms with Gasteiger partial charge >= 0.3 is 6.03 Å². The van der Waals surface area contributed by atoms with E-state index in [2.05, 4.69) is 36.9 Å². The van der Waals surface area contributed by atoms with Crippen molar-refractivity contribution in [3.05, 3.63) is 64.2 Å². The third kappa shape index (κ3) is 5.19. The Kier molecular flexibility index (Phi) is 6.21. The van der Waals surface area contributed by atoms with Gasteiger partial charge < -0.3 is 16.0 Å². The molecule has 0 spiro atoms. The van der Waals surface area contributed by atoms with Gasteiger partial charge in [-0.15, -0.1) is 0 Å². The summed E-state index contributed by atoms with van der Waals surface area (Å²) in [7, 11) is 0. The maximum absolute atomic E-state index is 12.2. The van der Waals surface area contributed by atoms with Gasteiger partial charge in [0.1, 0.15) is 0 Å². The quantitative estimate of drug-likeness (QED) is 0.423. The van der Waals surface area contributed by atoms with Crippen molar-refractivity contribution in [3.63, 3.8) is 0 Å². The summed E-state index contributed by atoms with van der Waals surface area (Å²) < 4.78 is 0.986. The minimum atomic E-state index is -0.152. The van der Waals surface area contributed by atoms with Crippen LogP contribution in [0.25, 0.3) is 10.9 Å². The number of fused-ring (bicyclic) bond motifs is 1. The van der Waals surface area contributed by atoms with E-state index in [9.17, 15) is 4.79 Å². The fourth-order valence-electron chi connectivity index (χ4n) is 3.73. The zero-order chi connectivity index (χ0) is 20.2. The summed E-state index contributed by atoms with van der Waals surface area (Å²) in [6.45, 7) is 0. The Morgan fingerprint density at radius 1 is 1.00 bits per heavy atom. The molecular formula is C22H22BrClN4O. The number of carbonyl (C=O) groups excluding carboxylic acids is 1. The molecule has 0 unspecified atom stereocenters. The van der Waals surface area contributed by atoms with Crippen LogP contribution in [0.1, 0.15) is 25.7 Å². The van der Waals surface area contributed by atoms with Crippen molar-refractivity contribution in [3.8, 4) is 0 Å². The monoisotopic (exact) mass is 472 g/mol. The van der Waals surface area contributed by atoms with Crippen LogP contribution in [0.3, 0.4) is 0 Å². The largest absolute Gasteiger partial charge is 0.382 e. The third-order valence-electron chi connectivity index (χ3n) is 5.23. The van der Waals surface area contributed by atoms with Crippen molar-refractivity contribution in [2.75, 3.05) is 10.6 Å². The van der Waals surface area contributed by atoms with Crippen molar-refractivity contribution in [2.45, 2.75) is 37.8 Å². The molecule has 7 heteroatoms. The Bertz CT molecular complexity index is 1000. The van der Waals surface area contributed by atoms with Gasteiger partial charge in [-0.2, -0.15) is 0 Å². The number of hydrogen-bond acceptors (Lipinski definition) is 3. The number of anilines is 2. The average Bonchev–Trinajstić information content (AvgIpc) is 2.71. The van der Waals surface area contributed by atoms with E-state index in [-0.39, 0.29) is 12.1 Å². The number of amides is 2. The van der Waals surface area contributed by atoms with Crippen LogP contribution in [0.15, 0.2) is 59.2 Å². The average molecular weight is 474 g/mol. The molecule has 2 aromatic carbocycles. The van der Waals surface area contributed by atoms with Gasteiger partial charge in [-0.1, -0.05) is 27.5 Å².